The lowest BCUT2D eigenvalue weighted by atomic mass is 10.1. The number of amides is 1. The predicted molar refractivity (Wildman–Crippen MR) is 89.1 cm³/mol. The van der Waals surface area contributed by atoms with Crippen LogP contribution in [-0.4, -0.2) is 33.4 Å². The Morgan fingerprint density at radius 2 is 1.91 bits per heavy atom. The highest BCUT2D eigenvalue weighted by Gasteiger charge is 2.19. The summed E-state index contributed by atoms with van der Waals surface area (Å²) in [5.74, 6) is 0.152. The van der Waals surface area contributed by atoms with E-state index in [4.69, 9.17) is 0 Å². The van der Waals surface area contributed by atoms with Crippen LogP contribution in [-0.2, 0) is 0 Å². The van der Waals surface area contributed by atoms with Crippen molar-refractivity contribution in [3.05, 3.63) is 30.1 Å². The Kier molecular flexibility index (Phi) is 4.46. The first-order chi connectivity index (χ1) is 10.7. The van der Waals surface area contributed by atoms with E-state index in [1.54, 1.807) is 0 Å². The minimum Gasteiger partial charge on any atom is -0.339 e. The molecule has 0 bridgehead atoms. The van der Waals surface area contributed by atoms with E-state index in [0.717, 1.165) is 55.4 Å². The number of rotatable bonds is 4. The number of aromatic nitrogens is 2. The summed E-state index contributed by atoms with van der Waals surface area (Å²) in [5, 5.41) is 0. The number of carbonyl (C=O) groups excluding carboxylic acids is 1. The first kappa shape index (κ1) is 15.1. The van der Waals surface area contributed by atoms with Gasteiger partial charge in [0.2, 0.25) is 0 Å². The maximum absolute atomic E-state index is 12.6. The van der Waals surface area contributed by atoms with Crippen molar-refractivity contribution in [3.63, 3.8) is 0 Å². The van der Waals surface area contributed by atoms with Gasteiger partial charge in [-0.05, 0) is 50.3 Å². The molecule has 1 saturated heterocycles. The van der Waals surface area contributed by atoms with Crippen LogP contribution in [0.25, 0.3) is 11.0 Å². The highest BCUT2D eigenvalue weighted by atomic mass is 16.2. The van der Waals surface area contributed by atoms with Gasteiger partial charge in [-0.2, -0.15) is 0 Å². The van der Waals surface area contributed by atoms with Crippen LogP contribution < -0.4 is 0 Å². The number of likely N-dealkylation sites (tertiary alicyclic amines) is 1. The molecule has 1 fully saturated rings. The van der Waals surface area contributed by atoms with Crippen molar-refractivity contribution in [1.29, 1.82) is 0 Å². The summed E-state index contributed by atoms with van der Waals surface area (Å²) >= 11 is 0. The molecule has 0 aliphatic carbocycles. The van der Waals surface area contributed by atoms with Gasteiger partial charge in [0.15, 0.2) is 0 Å². The van der Waals surface area contributed by atoms with E-state index in [2.05, 4.69) is 29.5 Å². The van der Waals surface area contributed by atoms with Crippen LogP contribution >= 0.6 is 0 Å². The zero-order chi connectivity index (χ0) is 15.5. The summed E-state index contributed by atoms with van der Waals surface area (Å²) in [6.45, 7) is 6.18. The van der Waals surface area contributed by atoms with Crippen molar-refractivity contribution in [3.8, 4) is 0 Å². The highest BCUT2D eigenvalue weighted by Crippen LogP contribution is 2.24. The quantitative estimate of drug-likeness (QED) is 0.855. The van der Waals surface area contributed by atoms with Gasteiger partial charge in [-0.3, -0.25) is 4.79 Å². The van der Waals surface area contributed by atoms with Crippen molar-refractivity contribution in [2.75, 3.05) is 13.1 Å². The Morgan fingerprint density at radius 3 is 2.59 bits per heavy atom. The van der Waals surface area contributed by atoms with Crippen molar-refractivity contribution in [2.45, 2.75) is 52.0 Å². The molecule has 22 heavy (non-hydrogen) atoms. The summed E-state index contributed by atoms with van der Waals surface area (Å²) in [7, 11) is 0. The fourth-order valence-electron chi connectivity index (χ4n) is 3.42. The van der Waals surface area contributed by atoms with E-state index >= 15 is 0 Å². The Balaban J connectivity index is 1.89. The number of imidazole rings is 1. The molecule has 4 nitrogen and oxygen atoms in total. The lowest BCUT2D eigenvalue weighted by Gasteiger charge is -2.26. The molecule has 2 aromatic rings. The lowest BCUT2D eigenvalue weighted by Crippen LogP contribution is -2.35. The van der Waals surface area contributed by atoms with Gasteiger partial charge in [0, 0.05) is 24.7 Å². The lowest BCUT2D eigenvalue weighted by molar-refractivity contribution is 0.0724. The molecule has 1 aromatic heterocycles. The minimum absolute atomic E-state index is 0.152. The third-order valence-electron chi connectivity index (χ3n) is 4.80. The summed E-state index contributed by atoms with van der Waals surface area (Å²) in [4.78, 5) is 19.1. The van der Waals surface area contributed by atoms with Gasteiger partial charge in [0.1, 0.15) is 0 Å². The molecule has 0 radical (unpaired) electrons. The smallest absolute Gasteiger partial charge is 0.253 e. The summed E-state index contributed by atoms with van der Waals surface area (Å²) < 4.78 is 2.24. The van der Waals surface area contributed by atoms with E-state index in [-0.39, 0.29) is 5.91 Å². The summed E-state index contributed by atoms with van der Waals surface area (Å²) in [6, 6.07) is 6.44. The molecule has 0 atom stereocenters. The number of nitrogens with zero attached hydrogens (tertiary/aromatic N) is 3. The molecular weight excluding hydrogens is 274 g/mol. The number of hydrogen-bond acceptors (Lipinski definition) is 2. The van der Waals surface area contributed by atoms with E-state index in [1.165, 1.54) is 6.42 Å². The van der Waals surface area contributed by atoms with Gasteiger partial charge in [-0.1, -0.05) is 13.8 Å². The molecule has 0 spiro atoms. The fraction of sp³-hybridized carbons (Fsp3) is 0.556. The molecule has 1 aliphatic heterocycles. The van der Waals surface area contributed by atoms with Gasteiger partial charge >= 0.3 is 0 Å². The minimum atomic E-state index is 0.152. The molecule has 1 aliphatic rings. The van der Waals surface area contributed by atoms with Gasteiger partial charge in [0.25, 0.3) is 5.91 Å². The van der Waals surface area contributed by atoms with E-state index in [0.29, 0.717) is 6.04 Å². The van der Waals surface area contributed by atoms with E-state index < -0.39 is 0 Å². The number of carbonyl (C=O) groups is 1. The van der Waals surface area contributed by atoms with Crippen LogP contribution in [0.5, 0.6) is 0 Å². The maximum Gasteiger partial charge on any atom is 0.253 e. The average molecular weight is 299 g/mol. The first-order valence-corrected chi connectivity index (χ1v) is 8.50. The number of hydrogen-bond donors (Lipinski definition) is 0. The largest absolute Gasteiger partial charge is 0.339 e. The number of piperidine rings is 1. The highest BCUT2D eigenvalue weighted by molar-refractivity contribution is 5.97. The molecule has 118 valence electrons. The topological polar surface area (TPSA) is 38.1 Å². The molecule has 4 heteroatoms. The number of fused-ring (bicyclic) bond motifs is 1. The standard InChI is InChI=1S/C18H25N3O/c1-3-15(4-2)21-13-19-16-12-14(8-9-17(16)21)18(22)20-10-6-5-7-11-20/h8-9,12-13,15H,3-7,10-11H2,1-2H3. The molecule has 1 amide bonds. The van der Waals surface area contributed by atoms with Gasteiger partial charge in [-0.25, -0.2) is 4.98 Å². The second kappa shape index (κ2) is 6.51. The molecule has 3 rings (SSSR count). The zero-order valence-corrected chi connectivity index (χ0v) is 13.6. The molecule has 2 heterocycles. The monoisotopic (exact) mass is 299 g/mol. The third kappa shape index (κ3) is 2.74. The van der Waals surface area contributed by atoms with Crippen molar-refractivity contribution in [2.24, 2.45) is 0 Å². The Labute approximate surface area is 132 Å². The van der Waals surface area contributed by atoms with Crippen molar-refractivity contribution < 1.29 is 4.79 Å². The summed E-state index contributed by atoms with van der Waals surface area (Å²) in [5.41, 5.74) is 2.82. The van der Waals surface area contributed by atoms with Crippen LogP contribution in [0.3, 0.4) is 0 Å². The summed E-state index contributed by atoms with van der Waals surface area (Å²) in [6.07, 6.45) is 7.58. The Hall–Kier alpha value is -1.84. The van der Waals surface area contributed by atoms with Gasteiger partial charge < -0.3 is 9.47 Å². The van der Waals surface area contributed by atoms with Crippen LogP contribution in [0.1, 0.15) is 62.4 Å². The molecule has 0 unspecified atom stereocenters. The molecule has 0 N–H and O–H groups in total. The van der Waals surface area contributed by atoms with Crippen LogP contribution in [0.4, 0.5) is 0 Å². The van der Waals surface area contributed by atoms with Crippen LogP contribution in [0.15, 0.2) is 24.5 Å². The van der Waals surface area contributed by atoms with Crippen LogP contribution in [0.2, 0.25) is 0 Å². The predicted octanol–water partition coefficient (Wildman–Crippen LogP) is 4.02. The average Bonchev–Trinajstić information content (AvgIpc) is 2.99. The van der Waals surface area contributed by atoms with Gasteiger partial charge in [0.05, 0.1) is 17.4 Å². The third-order valence-corrected chi connectivity index (χ3v) is 4.80. The SMILES string of the molecule is CCC(CC)n1cnc2cc(C(=O)N3CCCCC3)ccc21. The zero-order valence-electron chi connectivity index (χ0n) is 13.6. The molecule has 0 saturated carbocycles. The molecule has 1 aromatic carbocycles. The van der Waals surface area contributed by atoms with Crippen LogP contribution in [0, 0.1) is 0 Å². The normalized spacial score (nSPS) is 15.7. The Bertz CT molecular complexity index is 651. The van der Waals surface area contributed by atoms with Crippen molar-refractivity contribution >= 4 is 16.9 Å². The maximum atomic E-state index is 12.6. The second-order valence-corrected chi connectivity index (χ2v) is 6.18. The van der Waals surface area contributed by atoms with Gasteiger partial charge in [-0.15, -0.1) is 0 Å². The van der Waals surface area contributed by atoms with E-state index in [1.807, 2.05) is 23.4 Å². The Morgan fingerprint density at radius 1 is 1.18 bits per heavy atom. The second-order valence-electron chi connectivity index (χ2n) is 6.18. The fourth-order valence-corrected chi connectivity index (χ4v) is 3.42. The van der Waals surface area contributed by atoms with E-state index in [9.17, 15) is 4.79 Å². The van der Waals surface area contributed by atoms with Crippen molar-refractivity contribution in [1.82, 2.24) is 14.5 Å². The molecular formula is C18H25N3O. The first-order valence-electron chi connectivity index (χ1n) is 8.50. The number of benzene rings is 1.